The molecule has 0 spiro atoms. The van der Waals surface area contributed by atoms with Gasteiger partial charge in [0.25, 0.3) is 0 Å². The second-order valence-corrected chi connectivity index (χ2v) is 6.05. The number of ether oxygens (including phenoxy) is 1. The summed E-state index contributed by atoms with van der Waals surface area (Å²) in [7, 11) is 0. The number of nitrogens with zero attached hydrogens (tertiary/aromatic N) is 1. The van der Waals surface area contributed by atoms with E-state index in [1.807, 2.05) is 24.3 Å². The molecule has 0 bridgehead atoms. The van der Waals surface area contributed by atoms with E-state index in [1.165, 1.54) is 6.21 Å². The SMILES string of the molecule is O/N=C/c1cc(Br)c(OCc2ccccc2Cl)c(Br)c1. The van der Waals surface area contributed by atoms with Gasteiger partial charge in [0.05, 0.1) is 15.2 Å². The zero-order valence-electron chi connectivity index (χ0n) is 10.2. The van der Waals surface area contributed by atoms with Crippen molar-refractivity contribution in [2.45, 2.75) is 6.61 Å². The predicted octanol–water partition coefficient (Wildman–Crippen LogP) is 5.25. The van der Waals surface area contributed by atoms with Gasteiger partial charge in [0.15, 0.2) is 0 Å². The Balaban J connectivity index is 2.20. The smallest absolute Gasteiger partial charge is 0.148 e. The summed E-state index contributed by atoms with van der Waals surface area (Å²) >= 11 is 12.9. The van der Waals surface area contributed by atoms with Gasteiger partial charge in [-0.3, -0.25) is 0 Å². The molecule has 0 saturated heterocycles. The number of hydrogen-bond donors (Lipinski definition) is 1. The molecule has 2 rings (SSSR count). The summed E-state index contributed by atoms with van der Waals surface area (Å²) in [6, 6.07) is 11.1. The second kappa shape index (κ2) is 7.11. The molecular weight excluding hydrogens is 409 g/mol. The van der Waals surface area contributed by atoms with Crippen molar-refractivity contribution in [3.8, 4) is 5.75 Å². The topological polar surface area (TPSA) is 41.8 Å². The zero-order valence-corrected chi connectivity index (χ0v) is 14.1. The van der Waals surface area contributed by atoms with Crippen molar-refractivity contribution in [3.05, 3.63) is 61.5 Å². The summed E-state index contributed by atoms with van der Waals surface area (Å²) in [4.78, 5) is 0. The van der Waals surface area contributed by atoms with E-state index in [-0.39, 0.29) is 0 Å². The van der Waals surface area contributed by atoms with Crippen LogP contribution in [0.5, 0.6) is 5.75 Å². The Morgan fingerprint density at radius 1 is 1.20 bits per heavy atom. The average molecular weight is 420 g/mol. The molecule has 0 aliphatic carbocycles. The van der Waals surface area contributed by atoms with Gasteiger partial charge >= 0.3 is 0 Å². The van der Waals surface area contributed by atoms with E-state index in [9.17, 15) is 0 Å². The molecule has 0 heterocycles. The summed E-state index contributed by atoms with van der Waals surface area (Å²) < 4.78 is 7.30. The number of halogens is 3. The minimum atomic E-state index is 0.365. The van der Waals surface area contributed by atoms with Crippen LogP contribution in [0, 0.1) is 0 Å². The number of rotatable bonds is 4. The lowest BCUT2D eigenvalue weighted by Gasteiger charge is -2.12. The van der Waals surface area contributed by atoms with Crippen LogP contribution in [0.2, 0.25) is 5.02 Å². The average Bonchev–Trinajstić information content (AvgIpc) is 2.40. The normalized spacial score (nSPS) is 10.9. The fraction of sp³-hybridized carbons (Fsp3) is 0.0714. The molecule has 2 aromatic carbocycles. The Labute approximate surface area is 138 Å². The highest BCUT2D eigenvalue weighted by molar-refractivity contribution is 9.11. The highest BCUT2D eigenvalue weighted by Crippen LogP contribution is 2.35. The van der Waals surface area contributed by atoms with Gasteiger partial charge in [-0.2, -0.15) is 0 Å². The minimum Gasteiger partial charge on any atom is -0.486 e. The molecule has 104 valence electrons. The fourth-order valence-electron chi connectivity index (χ4n) is 1.62. The Hall–Kier alpha value is -1.04. The monoisotopic (exact) mass is 417 g/mol. The Bertz CT molecular complexity index is 624. The van der Waals surface area contributed by atoms with Gasteiger partial charge < -0.3 is 9.94 Å². The molecule has 0 aliphatic heterocycles. The largest absolute Gasteiger partial charge is 0.486 e. The molecule has 6 heteroatoms. The first-order valence-electron chi connectivity index (χ1n) is 5.64. The van der Waals surface area contributed by atoms with Crippen molar-refractivity contribution in [1.82, 2.24) is 0 Å². The molecule has 0 saturated carbocycles. The third kappa shape index (κ3) is 3.75. The molecule has 0 unspecified atom stereocenters. The van der Waals surface area contributed by atoms with Crippen molar-refractivity contribution < 1.29 is 9.94 Å². The summed E-state index contributed by atoms with van der Waals surface area (Å²) in [5, 5.41) is 12.2. The summed E-state index contributed by atoms with van der Waals surface area (Å²) in [6.07, 6.45) is 1.34. The van der Waals surface area contributed by atoms with Crippen LogP contribution >= 0.6 is 43.5 Å². The van der Waals surface area contributed by atoms with Gasteiger partial charge in [-0.15, -0.1) is 0 Å². The van der Waals surface area contributed by atoms with Crippen molar-refractivity contribution >= 4 is 49.7 Å². The standard InChI is InChI=1S/C14H10Br2ClNO2/c15-11-5-9(7-18-19)6-12(16)14(11)20-8-10-3-1-2-4-13(10)17/h1-7,19H,8H2/b18-7+. The lowest BCUT2D eigenvalue weighted by Crippen LogP contribution is -1.98. The third-order valence-corrected chi connectivity index (χ3v) is 4.10. The van der Waals surface area contributed by atoms with Gasteiger partial charge in [0.1, 0.15) is 12.4 Å². The molecule has 3 nitrogen and oxygen atoms in total. The summed E-state index contributed by atoms with van der Waals surface area (Å²) in [6.45, 7) is 0.365. The van der Waals surface area contributed by atoms with Crippen LogP contribution in [-0.4, -0.2) is 11.4 Å². The van der Waals surface area contributed by atoms with E-state index < -0.39 is 0 Å². The van der Waals surface area contributed by atoms with Gasteiger partial charge in [-0.25, -0.2) is 0 Å². The van der Waals surface area contributed by atoms with Crippen molar-refractivity contribution in [3.63, 3.8) is 0 Å². The molecular formula is C14H10Br2ClNO2. The fourth-order valence-corrected chi connectivity index (χ4v) is 3.27. The summed E-state index contributed by atoms with van der Waals surface area (Å²) in [5.41, 5.74) is 1.66. The Morgan fingerprint density at radius 3 is 2.45 bits per heavy atom. The maximum Gasteiger partial charge on any atom is 0.148 e. The first-order chi connectivity index (χ1) is 9.61. The van der Waals surface area contributed by atoms with E-state index in [0.29, 0.717) is 17.4 Å². The number of benzene rings is 2. The van der Waals surface area contributed by atoms with Gasteiger partial charge in [-0.05, 0) is 55.6 Å². The van der Waals surface area contributed by atoms with Crippen LogP contribution in [0.1, 0.15) is 11.1 Å². The van der Waals surface area contributed by atoms with E-state index in [2.05, 4.69) is 37.0 Å². The number of hydrogen-bond acceptors (Lipinski definition) is 3. The first kappa shape index (κ1) is 15.4. The van der Waals surface area contributed by atoms with E-state index in [1.54, 1.807) is 12.1 Å². The van der Waals surface area contributed by atoms with E-state index in [0.717, 1.165) is 20.1 Å². The quantitative estimate of drug-likeness (QED) is 0.418. The van der Waals surface area contributed by atoms with Crippen LogP contribution < -0.4 is 4.74 Å². The molecule has 1 N–H and O–H groups in total. The van der Waals surface area contributed by atoms with Gasteiger partial charge in [0.2, 0.25) is 0 Å². The number of oxime groups is 1. The molecule has 0 aliphatic rings. The second-order valence-electron chi connectivity index (χ2n) is 3.94. The maximum atomic E-state index is 8.55. The highest BCUT2D eigenvalue weighted by atomic mass is 79.9. The van der Waals surface area contributed by atoms with Crippen molar-refractivity contribution in [2.24, 2.45) is 5.16 Å². The Kier molecular flexibility index (Phi) is 5.46. The summed E-state index contributed by atoms with van der Waals surface area (Å²) in [5.74, 6) is 0.667. The highest BCUT2D eigenvalue weighted by Gasteiger charge is 2.09. The lowest BCUT2D eigenvalue weighted by atomic mass is 10.2. The predicted molar refractivity (Wildman–Crippen MR) is 87.0 cm³/mol. The van der Waals surface area contributed by atoms with E-state index in [4.69, 9.17) is 21.5 Å². The lowest BCUT2D eigenvalue weighted by molar-refractivity contribution is 0.302. The maximum absolute atomic E-state index is 8.55. The van der Waals surface area contributed by atoms with Gasteiger partial charge in [0, 0.05) is 10.6 Å². The van der Waals surface area contributed by atoms with E-state index >= 15 is 0 Å². The minimum absolute atomic E-state index is 0.365. The van der Waals surface area contributed by atoms with Crippen molar-refractivity contribution in [2.75, 3.05) is 0 Å². The van der Waals surface area contributed by atoms with Crippen LogP contribution in [-0.2, 0) is 6.61 Å². The molecule has 0 atom stereocenters. The Morgan fingerprint density at radius 2 is 1.85 bits per heavy atom. The van der Waals surface area contributed by atoms with Crippen LogP contribution in [0.3, 0.4) is 0 Å². The molecule has 0 fully saturated rings. The van der Waals surface area contributed by atoms with Crippen LogP contribution in [0.4, 0.5) is 0 Å². The molecule has 0 aromatic heterocycles. The first-order valence-corrected chi connectivity index (χ1v) is 7.61. The van der Waals surface area contributed by atoms with Crippen LogP contribution in [0.15, 0.2) is 50.5 Å². The van der Waals surface area contributed by atoms with Crippen LogP contribution in [0.25, 0.3) is 0 Å². The molecule has 0 amide bonds. The molecule has 2 aromatic rings. The zero-order chi connectivity index (χ0) is 14.5. The van der Waals surface area contributed by atoms with Crippen molar-refractivity contribution in [1.29, 1.82) is 0 Å². The molecule has 0 radical (unpaired) electrons. The molecule has 20 heavy (non-hydrogen) atoms. The third-order valence-electron chi connectivity index (χ3n) is 2.56. The van der Waals surface area contributed by atoms with Gasteiger partial charge in [-0.1, -0.05) is 35.0 Å².